The maximum absolute atomic E-state index is 13.7. The van der Waals surface area contributed by atoms with Gasteiger partial charge in [-0.2, -0.15) is 0 Å². The summed E-state index contributed by atoms with van der Waals surface area (Å²) < 4.78 is 13.7. The number of hydrogen-bond donors (Lipinski definition) is 1. The first-order valence-electron chi connectivity index (χ1n) is 6.61. The van der Waals surface area contributed by atoms with Gasteiger partial charge in [-0.3, -0.25) is 0 Å². The van der Waals surface area contributed by atoms with Crippen LogP contribution in [-0.2, 0) is 6.42 Å². The zero-order valence-corrected chi connectivity index (χ0v) is 11.2. The van der Waals surface area contributed by atoms with Gasteiger partial charge in [-0.1, -0.05) is 39.0 Å². The molecule has 0 fully saturated rings. The van der Waals surface area contributed by atoms with Crippen molar-refractivity contribution in [3.63, 3.8) is 0 Å². The second-order valence-corrected chi connectivity index (χ2v) is 4.76. The van der Waals surface area contributed by atoms with Gasteiger partial charge in [-0.15, -0.1) is 0 Å². The van der Waals surface area contributed by atoms with Crippen LogP contribution in [0.2, 0.25) is 0 Å². The Bertz CT molecular complexity index is 331. The van der Waals surface area contributed by atoms with Crippen LogP contribution in [0.1, 0.15) is 39.2 Å². The van der Waals surface area contributed by atoms with Crippen LogP contribution in [-0.4, -0.2) is 13.1 Å². The van der Waals surface area contributed by atoms with Gasteiger partial charge in [0.15, 0.2) is 0 Å². The smallest absolute Gasteiger partial charge is 0.126 e. The summed E-state index contributed by atoms with van der Waals surface area (Å²) >= 11 is 0. The molecule has 0 aliphatic rings. The molecular weight excluding hydrogens is 213 g/mol. The van der Waals surface area contributed by atoms with Crippen molar-refractivity contribution in [3.05, 3.63) is 35.6 Å². The Morgan fingerprint density at radius 1 is 1.12 bits per heavy atom. The molecule has 1 N–H and O–H groups in total. The average Bonchev–Trinajstić information content (AvgIpc) is 2.37. The fourth-order valence-electron chi connectivity index (χ4n) is 2.25. The summed E-state index contributed by atoms with van der Waals surface area (Å²) in [6.07, 6.45) is 2.97. The highest BCUT2D eigenvalue weighted by atomic mass is 19.1. The third kappa shape index (κ3) is 3.81. The van der Waals surface area contributed by atoms with E-state index in [4.69, 9.17) is 0 Å². The van der Waals surface area contributed by atoms with E-state index in [9.17, 15) is 4.39 Å². The number of hydrogen-bond acceptors (Lipinski definition) is 1. The molecule has 0 radical (unpaired) electrons. The second-order valence-electron chi connectivity index (χ2n) is 4.76. The van der Waals surface area contributed by atoms with Crippen LogP contribution in [0.3, 0.4) is 0 Å². The zero-order chi connectivity index (χ0) is 12.7. The van der Waals surface area contributed by atoms with Crippen molar-refractivity contribution < 1.29 is 4.39 Å². The molecule has 0 aromatic heterocycles. The normalized spacial score (nSPS) is 11.8. The minimum Gasteiger partial charge on any atom is -0.316 e. The van der Waals surface area contributed by atoms with E-state index in [2.05, 4.69) is 26.1 Å². The standard InChI is InChI=1S/C15H24FN/c1-4-15(5-2,12-17-6-3)11-13-9-7-8-10-14(13)16/h7-10,17H,4-6,11-12H2,1-3H3. The van der Waals surface area contributed by atoms with E-state index >= 15 is 0 Å². The van der Waals surface area contributed by atoms with E-state index in [-0.39, 0.29) is 11.2 Å². The summed E-state index contributed by atoms with van der Waals surface area (Å²) in [7, 11) is 0. The van der Waals surface area contributed by atoms with Crippen LogP contribution in [0, 0.1) is 11.2 Å². The first-order chi connectivity index (χ1) is 8.17. The Labute approximate surface area is 104 Å². The molecule has 1 nitrogen and oxygen atoms in total. The lowest BCUT2D eigenvalue weighted by atomic mass is 9.76. The van der Waals surface area contributed by atoms with Gasteiger partial charge in [0, 0.05) is 6.54 Å². The second kappa shape index (κ2) is 6.75. The van der Waals surface area contributed by atoms with Gasteiger partial charge in [0.25, 0.3) is 0 Å². The molecule has 0 aliphatic carbocycles. The first-order valence-corrected chi connectivity index (χ1v) is 6.61. The summed E-state index contributed by atoms with van der Waals surface area (Å²) in [6.45, 7) is 8.44. The van der Waals surface area contributed by atoms with Crippen LogP contribution < -0.4 is 5.32 Å². The summed E-state index contributed by atoms with van der Waals surface area (Å²) in [5, 5.41) is 3.41. The van der Waals surface area contributed by atoms with Gasteiger partial charge >= 0.3 is 0 Å². The molecule has 0 heterocycles. The maximum atomic E-state index is 13.7. The quantitative estimate of drug-likeness (QED) is 0.761. The van der Waals surface area contributed by atoms with Crippen LogP contribution in [0.25, 0.3) is 0 Å². The molecule has 0 spiro atoms. The number of nitrogens with one attached hydrogen (secondary N) is 1. The number of benzene rings is 1. The van der Waals surface area contributed by atoms with Gasteiger partial charge in [-0.05, 0) is 42.9 Å². The van der Waals surface area contributed by atoms with E-state index < -0.39 is 0 Å². The molecule has 2 heteroatoms. The highest BCUT2D eigenvalue weighted by Gasteiger charge is 2.26. The van der Waals surface area contributed by atoms with E-state index in [0.29, 0.717) is 0 Å². The summed E-state index contributed by atoms with van der Waals surface area (Å²) in [6, 6.07) is 7.13. The summed E-state index contributed by atoms with van der Waals surface area (Å²) in [5.41, 5.74) is 1.02. The molecule has 96 valence electrons. The molecule has 1 aromatic rings. The monoisotopic (exact) mass is 237 g/mol. The van der Waals surface area contributed by atoms with Gasteiger partial charge in [0.1, 0.15) is 5.82 Å². The largest absolute Gasteiger partial charge is 0.316 e. The van der Waals surface area contributed by atoms with Crippen molar-refractivity contribution >= 4 is 0 Å². The minimum absolute atomic E-state index is 0.0738. The third-order valence-electron chi connectivity index (χ3n) is 3.77. The molecule has 0 saturated carbocycles. The zero-order valence-electron chi connectivity index (χ0n) is 11.2. The third-order valence-corrected chi connectivity index (χ3v) is 3.77. The molecule has 0 atom stereocenters. The predicted octanol–water partition coefficient (Wildman–Crippen LogP) is 3.78. The lowest BCUT2D eigenvalue weighted by molar-refractivity contribution is 0.245. The SMILES string of the molecule is CCNCC(CC)(CC)Cc1ccccc1F. The highest BCUT2D eigenvalue weighted by molar-refractivity contribution is 5.19. The van der Waals surface area contributed by atoms with Gasteiger partial charge in [0.05, 0.1) is 0 Å². The number of halogens is 1. The van der Waals surface area contributed by atoms with Crippen molar-refractivity contribution in [2.24, 2.45) is 5.41 Å². The van der Waals surface area contributed by atoms with Gasteiger partial charge in [0.2, 0.25) is 0 Å². The summed E-state index contributed by atoms with van der Waals surface area (Å²) in [4.78, 5) is 0. The lowest BCUT2D eigenvalue weighted by Gasteiger charge is -2.32. The lowest BCUT2D eigenvalue weighted by Crippen LogP contribution is -2.35. The molecule has 0 aliphatic heterocycles. The Hall–Kier alpha value is -0.890. The van der Waals surface area contributed by atoms with E-state index in [1.165, 1.54) is 0 Å². The van der Waals surface area contributed by atoms with Crippen LogP contribution in [0.15, 0.2) is 24.3 Å². The van der Waals surface area contributed by atoms with Crippen molar-refractivity contribution in [2.45, 2.75) is 40.0 Å². The molecular formula is C15H24FN. The average molecular weight is 237 g/mol. The Balaban J connectivity index is 2.82. The van der Waals surface area contributed by atoms with E-state index in [0.717, 1.165) is 37.9 Å². The van der Waals surface area contributed by atoms with Gasteiger partial charge < -0.3 is 5.32 Å². The molecule has 0 amide bonds. The van der Waals surface area contributed by atoms with Crippen LogP contribution in [0.5, 0.6) is 0 Å². The fraction of sp³-hybridized carbons (Fsp3) is 0.600. The predicted molar refractivity (Wildman–Crippen MR) is 71.7 cm³/mol. The molecule has 17 heavy (non-hydrogen) atoms. The van der Waals surface area contributed by atoms with Crippen molar-refractivity contribution in [1.29, 1.82) is 0 Å². The first kappa shape index (κ1) is 14.2. The molecule has 1 rings (SSSR count). The van der Waals surface area contributed by atoms with E-state index in [1.807, 2.05) is 12.1 Å². The molecule has 0 saturated heterocycles. The Morgan fingerprint density at radius 3 is 2.29 bits per heavy atom. The molecule has 0 unspecified atom stereocenters. The topological polar surface area (TPSA) is 12.0 Å². The van der Waals surface area contributed by atoms with Gasteiger partial charge in [-0.25, -0.2) is 4.39 Å². The van der Waals surface area contributed by atoms with Crippen molar-refractivity contribution in [1.82, 2.24) is 5.32 Å². The molecule has 1 aromatic carbocycles. The Morgan fingerprint density at radius 2 is 1.76 bits per heavy atom. The highest BCUT2D eigenvalue weighted by Crippen LogP contribution is 2.31. The van der Waals surface area contributed by atoms with Crippen LogP contribution in [0.4, 0.5) is 4.39 Å². The minimum atomic E-state index is -0.0738. The Kier molecular flexibility index (Phi) is 5.63. The fourth-order valence-corrected chi connectivity index (χ4v) is 2.25. The van der Waals surface area contributed by atoms with Crippen molar-refractivity contribution in [3.8, 4) is 0 Å². The molecule has 0 bridgehead atoms. The summed E-state index contributed by atoms with van der Waals surface area (Å²) in [5.74, 6) is -0.0738. The maximum Gasteiger partial charge on any atom is 0.126 e. The van der Waals surface area contributed by atoms with Crippen LogP contribution >= 0.6 is 0 Å². The van der Waals surface area contributed by atoms with Crippen molar-refractivity contribution in [2.75, 3.05) is 13.1 Å². The number of rotatable bonds is 7. The van der Waals surface area contributed by atoms with E-state index in [1.54, 1.807) is 12.1 Å².